The minimum Gasteiger partial charge on any atom is -0.475 e. The lowest BCUT2D eigenvalue weighted by Crippen LogP contribution is -2.35. The molecule has 0 aliphatic heterocycles. The average Bonchev–Trinajstić information content (AvgIpc) is 2.84. The molecule has 0 aliphatic carbocycles. The lowest BCUT2D eigenvalue weighted by Gasteiger charge is -2.16. The molecular formula is C20H30N3O+. The van der Waals surface area contributed by atoms with Gasteiger partial charge in [0.05, 0.1) is 26.9 Å². The molecule has 24 heavy (non-hydrogen) atoms. The van der Waals surface area contributed by atoms with Gasteiger partial charge in [-0.15, -0.1) is 0 Å². The van der Waals surface area contributed by atoms with E-state index >= 15 is 0 Å². The van der Waals surface area contributed by atoms with E-state index in [1.54, 1.807) is 7.11 Å². The summed E-state index contributed by atoms with van der Waals surface area (Å²) >= 11 is 0. The summed E-state index contributed by atoms with van der Waals surface area (Å²) in [6.45, 7) is 8.90. The van der Waals surface area contributed by atoms with E-state index in [0.717, 1.165) is 17.9 Å². The maximum Gasteiger partial charge on any atom is 0.344 e. The fourth-order valence-corrected chi connectivity index (χ4v) is 3.00. The summed E-state index contributed by atoms with van der Waals surface area (Å²) in [6, 6.07) is 6.50. The number of hydrogen-bond acceptors (Lipinski definition) is 2. The number of benzene rings is 1. The van der Waals surface area contributed by atoms with E-state index in [0.29, 0.717) is 17.7 Å². The molecule has 1 heterocycles. The molecule has 0 fully saturated rings. The third-order valence-corrected chi connectivity index (χ3v) is 4.18. The van der Waals surface area contributed by atoms with Crippen molar-refractivity contribution in [1.29, 1.82) is 0 Å². The van der Waals surface area contributed by atoms with Crippen LogP contribution in [-0.4, -0.2) is 17.6 Å². The van der Waals surface area contributed by atoms with E-state index in [9.17, 15) is 0 Å². The molecule has 4 heteroatoms. The number of ether oxygens (including phenoxy) is 1. The maximum absolute atomic E-state index is 5.66. The molecule has 0 amide bonds. The Kier molecular flexibility index (Phi) is 5.81. The van der Waals surface area contributed by atoms with Crippen molar-refractivity contribution < 1.29 is 9.30 Å². The van der Waals surface area contributed by atoms with Crippen LogP contribution in [0.4, 0.5) is 5.69 Å². The quantitative estimate of drug-likeness (QED) is 0.465. The topological polar surface area (TPSA) is 30.4 Å². The maximum atomic E-state index is 5.66. The fourth-order valence-electron chi connectivity index (χ4n) is 3.00. The molecule has 0 aliphatic rings. The number of aryl methyl sites for hydroxylation is 2. The van der Waals surface area contributed by atoms with Crippen molar-refractivity contribution in [2.75, 3.05) is 7.11 Å². The number of aromatic nitrogens is 2. The van der Waals surface area contributed by atoms with Crippen LogP contribution in [0.5, 0.6) is 0 Å². The van der Waals surface area contributed by atoms with Gasteiger partial charge in [0.25, 0.3) is 0 Å². The predicted octanol–water partition coefficient (Wildman–Crippen LogP) is 3.90. The first-order valence-corrected chi connectivity index (χ1v) is 8.60. The monoisotopic (exact) mass is 328 g/mol. The van der Waals surface area contributed by atoms with Crippen LogP contribution in [0, 0.1) is 5.92 Å². The molecule has 130 valence electrons. The number of methoxy groups -OCH3 is 1. The molecule has 0 bridgehead atoms. The number of imidazole rings is 1. The number of nitrogens with zero attached hydrogens (tertiary/aromatic N) is 3. The van der Waals surface area contributed by atoms with Crippen molar-refractivity contribution >= 4 is 11.6 Å². The first kappa shape index (κ1) is 18.2. The number of aliphatic imine (C=N–C) groups is 1. The highest BCUT2D eigenvalue weighted by Gasteiger charge is 2.22. The standard InChI is InChI=1S/C20H30N3O/c1-14(2)13-16-9-8-10-17(15(3)4)18(16)21-19(24-7)20-22(5)11-12-23(20)6/h8-12,14-15H,13H2,1-7H3/q+1. The van der Waals surface area contributed by atoms with E-state index in [1.807, 2.05) is 35.6 Å². The van der Waals surface area contributed by atoms with Crippen molar-refractivity contribution in [2.45, 2.75) is 40.0 Å². The van der Waals surface area contributed by atoms with Crippen molar-refractivity contribution in [3.63, 3.8) is 0 Å². The normalized spacial score (nSPS) is 12.3. The highest BCUT2D eigenvalue weighted by Crippen LogP contribution is 2.32. The number of para-hydroxylation sites is 1. The van der Waals surface area contributed by atoms with Crippen molar-refractivity contribution in [1.82, 2.24) is 4.57 Å². The lowest BCUT2D eigenvalue weighted by atomic mass is 9.94. The molecule has 2 rings (SSSR count). The van der Waals surface area contributed by atoms with Gasteiger partial charge in [-0.3, -0.25) is 0 Å². The molecule has 0 atom stereocenters. The minimum atomic E-state index is 0.413. The van der Waals surface area contributed by atoms with Crippen molar-refractivity contribution in [3.8, 4) is 0 Å². The fraction of sp³-hybridized carbons (Fsp3) is 0.500. The zero-order chi connectivity index (χ0) is 17.9. The van der Waals surface area contributed by atoms with Crippen molar-refractivity contribution in [3.05, 3.63) is 47.5 Å². The molecule has 2 aromatic rings. The molecule has 1 aromatic heterocycles. The van der Waals surface area contributed by atoms with Crippen LogP contribution >= 0.6 is 0 Å². The molecular weight excluding hydrogens is 298 g/mol. The van der Waals surface area contributed by atoms with E-state index in [2.05, 4.69) is 45.9 Å². The second-order valence-corrected chi connectivity index (χ2v) is 7.07. The number of hydrogen-bond donors (Lipinski definition) is 0. The predicted molar refractivity (Wildman–Crippen MR) is 98.9 cm³/mol. The van der Waals surface area contributed by atoms with Crippen LogP contribution < -0.4 is 4.57 Å². The highest BCUT2D eigenvalue weighted by molar-refractivity contribution is 5.92. The van der Waals surface area contributed by atoms with E-state index in [1.165, 1.54) is 11.1 Å². The summed E-state index contributed by atoms with van der Waals surface area (Å²) in [6.07, 6.45) is 5.02. The first-order chi connectivity index (χ1) is 11.3. The van der Waals surface area contributed by atoms with E-state index in [4.69, 9.17) is 9.73 Å². The Balaban J connectivity index is 2.64. The largest absolute Gasteiger partial charge is 0.475 e. The molecule has 1 aromatic carbocycles. The number of rotatable bonds is 5. The minimum absolute atomic E-state index is 0.413. The van der Waals surface area contributed by atoms with Crippen molar-refractivity contribution in [2.24, 2.45) is 25.0 Å². The zero-order valence-electron chi connectivity index (χ0n) is 16.0. The van der Waals surface area contributed by atoms with Gasteiger partial charge in [-0.05, 0) is 29.4 Å². The molecule has 0 spiro atoms. The summed E-state index contributed by atoms with van der Waals surface area (Å²) < 4.78 is 9.72. The summed E-state index contributed by atoms with van der Waals surface area (Å²) in [7, 11) is 5.70. The van der Waals surface area contributed by atoms with Gasteiger partial charge in [-0.1, -0.05) is 45.9 Å². The molecule has 0 saturated heterocycles. The van der Waals surface area contributed by atoms with Gasteiger partial charge in [0.15, 0.2) is 0 Å². The van der Waals surface area contributed by atoms with Crippen LogP contribution in [0.2, 0.25) is 0 Å². The van der Waals surface area contributed by atoms with Gasteiger partial charge in [-0.2, -0.15) is 0 Å². The third kappa shape index (κ3) is 3.86. The van der Waals surface area contributed by atoms with Crippen LogP contribution in [-0.2, 0) is 25.3 Å². The average molecular weight is 328 g/mol. The SMILES string of the molecule is COC(=Nc1c(CC(C)C)cccc1C(C)C)c1n(C)cc[n+]1C. The third-order valence-electron chi connectivity index (χ3n) is 4.18. The summed E-state index contributed by atoms with van der Waals surface area (Å²) in [5.41, 5.74) is 3.60. The lowest BCUT2D eigenvalue weighted by molar-refractivity contribution is -0.672. The first-order valence-electron chi connectivity index (χ1n) is 8.60. The van der Waals surface area contributed by atoms with Gasteiger partial charge in [0.2, 0.25) is 0 Å². The molecule has 0 N–H and O–H groups in total. The zero-order valence-corrected chi connectivity index (χ0v) is 16.0. The van der Waals surface area contributed by atoms with Crippen LogP contribution in [0.25, 0.3) is 0 Å². The summed E-state index contributed by atoms with van der Waals surface area (Å²) in [4.78, 5) is 4.97. The van der Waals surface area contributed by atoms with Gasteiger partial charge < -0.3 is 4.74 Å². The van der Waals surface area contributed by atoms with Crippen LogP contribution in [0.15, 0.2) is 35.6 Å². The molecule has 4 nitrogen and oxygen atoms in total. The Hall–Kier alpha value is -2.10. The Morgan fingerprint density at radius 1 is 1.25 bits per heavy atom. The second kappa shape index (κ2) is 7.65. The van der Waals surface area contributed by atoms with E-state index in [-0.39, 0.29) is 0 Å². The summed E-state index contributed by atoms with van der Waals surface area (Å²) in [5.74, 6) is 2.59. The smallest absolute Gasteiger partial charge is 0.344 e. The van der Waals surface area contributed by atoms with Gasteiger partial charge >= 0.3 is 11.7 Å². The van der Waals surface area contributed by atoms with Gasteiger partial charge in [-0.25, -0.2) is 14.1 Å². The Bertz CT molecular complexity index is 707. The summed E-state index contributed by atoms with van der Waals surface area (Å²) in [5, 5.41) is 0. The highest BCUT2D eigenvalue weighted by atomic mass is 16.5. The van der Waals surface area contributed by atoms with Crippen LogP contribution in [0.3, 0.4) is 0 Å². The van der Waals surface area contributed by atoms with Gasteiger partial charge in [0, 0.05) is 0 Å². The molecule has 0 saturated carbocycles. The molecule has 0 unspecified atom stereocenters. The van der Waals surface area contributed by atoms with Crippen LogP contribution in [0.1, 0.15) is 50.6 Å². The Morgan fingerprint density at radius 2 is 1.96 bits per heavy atom. The van der Waals surface area contributed by atoms with Gasteiger partial charge in [0.1, 0.15) is 12.4 Å². The Morgan fingerprint density at radius 3 is 2.46 bits per heavy atom. The second-order valence-electron chi connectivity index (χ2n) is 7.07. The van der Waals surface area contributed by atoms with E-state index < -0.39 is 0 Å². The molecule has 0 radical (unpaired) electrons. The Labute approximate surface area is 145 Å².